The second-order valence-corrected chi connectivity index (χ2v) is 9.13. The van der Waals surface area contributed by atoms with Crippen molar-refractivity contribution in [1.82, 2.24) is 9.80 Å². The molecule has 3 amide bonds. The van der Waals surface area contributed by atoms with Crippen molar-refractivity contribution in [2.45, 2.75) is 26.7 Å². The van der Waals surface area contributed by atoms with Gasteiger partial charge in [-0.3, -0.25) is 28.9 Å². The highest BCUT2D eigenvalue weighted by molar-refractivity contribution is 6.21. The number of nitrogens with zero attached hydrogens (tertiary/aromatic N) is 2. The number of likely N-dealkylation sites (tertiary alicyclic amines) is 1. The van der Waals surface area contributed by atoms with Crippen LogP contribution in [0.5, 0.6) is 0 Å². The van der Waals surface area contributed by atoms with Gasteiger partial charge in [-0.05, 0) is 38.8 Å². The third kappa shape index (κ3) is 4.49. The number of esters is 2. The molecular weight excluding hydrogens is 428 g/mol. The van der Waals surface area contributed by atoms with Crippen LogP contribution in [0.1, 0.15) is 47.4 Å². The van der Waals surface area contributed by atoms with Gasteiger partial charge in [-0.1, -0.05) is 19.1 Å². The minimum absolute atomic E-state index is 0.0288. The molecule has 3 rings (SSSR count). The topological polar surface area (TPSA) is 110 Å². The molecule has 1 fully saturated rings. The van der Waals surface area contributed by atoms with Gasteiger partial charge in [0.05, 0.1) is 36.7 Å². The number of fused-ring (bicyclic) bond motifs is 1. The van der Waals surface area contributed by atoms with Crippen molar-refractivity contribution >= 4 is 29.7 Å². The van der Waals surface area contributed by atoms with Crippen LogP contribution in [-0.2, 0) is 23.9 Å². The molecule has 1 aromatic carbocycles. The largest absolute Gasteiger partial charge is 0.469 e. The summed E-state index contributed by atoms with van der Waals surface area (Å²) in [4.78, 5) is 65.8. The van der Waals surface area contributed by atoms with Crippen molar-refractivity contribution in [2.24, 2.45) is 16.7 Å². The fourth-order valence-corrected chi connectivity index (χ4v) is 4.87. The Kier molecular flexibility index (Phi) is 6.63. The van der Waals surface area contributed by atoms with Crippen molar-refractivity contribution in [2.75, 3.05) is 33.9 Å². The standard InChI is InChI=1S/C24H28N2O7/c1-23(2,22(31)33-5)14-24(3)12-15(20(29)32-4)13-25(21(24)30)10-11-26-18(27)16-8-6-7-9-17(16)19(26)28/h1,6-9,15H,10-14H2,2-5H3. The molecule has 9 heteroatoms. The Bertz CT molecular complexity index is 967. The van der Waals surface area contributed by atoms with Crippen LogP contribution < -0.4 is 0 Å². The third-order valence-corrected chi connectivity index (χ3v) is 6.36. The van der Waals surface area contributed by atoms with Crippen molar-refractivity contribution in [3.63, 3.8) is 0 Å². The van der Waals surface area contributed by atoms with Crippen molar-refractivity contribution in [3.05, 3.63) is 42.3 Å². The van der Waals surface area contributed by atoms with Gasteiger partial charge in [-0.15, -0.1) is 0 Å². The van der Waals surface area contributed by atoms with Crippen LogP contribution >= 0.6 is 0 Å². The quantitative estimate of drug-likeness (QED) is 0.453. The van der Waals surface area contributed by atoms with Crippen LogP contribution in [0.15, 0.2) is 24.3 Å². The predicted molar refractivity (Wildman–Crippen MR) is 116 cm³/mol. The smallest absolute Gasteiger partial charge is 0.311 e. The number of benzene rings is 1. The molecule has 176 valence electrons. The van der Waals surface area contributed by atoms with Gasteiger partial charge in [-0.2, -0.15) is 0 Å². The molecule has 2 heterocycles. The highest BCUT2D eigenvalue weighted by Crippen LogP contribution is 2.43. The van der Waals surface area contributed by atoms with E-state index in [2.05, 4.69) is 0 Å². The van der Waals surface area contributed by atoms with E-state index in [9.17, 15) is 24.0 Å². The summed E-state index contributed by atoms with van der Waals surface area (Å²) in [5.74, 6) is -2.97. The fourth-order valence-electron chi connectivity index (χ4n) is 4.87. The highest BCUT2D eigenvalue weighted by atomic mass is 16.5. The van der Waals surface area contributed by atoms with Gasteiger partial charge in [-0.25, -0.2) is 0 Å². The molecule has 33 heavy (non-hydrogen) atoms. The zero-order chi connectivity index (χ0) is 24.6. The van der Waals surface area contributed by atoms with Gasteiger partial charge in [0.1, 0.15) is 0 Å². The first kappa shape index (κ1) is 24.4. The van der Waals surface area contributed by atoms with E-state index in [1.54, 1.807) is 31.2 Å². The van der Waals surface area contributed by atoms with Crippen molar-refractivity contribution in [3.8, 4) is 0 Å². The van der Waals surface area contributed by atoms with Gasteiger partial charge in [0.2, 0.25) is 5.91 Å². The van der Waals surface area contributed by atoms with Crippen LogP contribution in [0.4, 0.5) is 0 Å². The Morgan fingerprint density at radius 2 is 1.67 bits per heavy atom. The summed E-state index contributed by atoms with van der Waals surface area (Å²) in [5, 5.41) is 0. The fraction of sp³-hybridized carbons (Fsp3) is 0.500. The first-order valence-corrected chi connectivity index (χ1v) is 10.6. The maximum atomic E-state index is 13.5. The summed E-state index contributed by atoms with van der Waals surface area (Å²) in [7, 11) is 2.48. The molecule has 2 radical (unpaired) electrons. The summed E-state index contributed by atoms with van der Waals surface area (Å²) >= 11 is 0. The molecule has 0 bridgehead atoms. The second-order valence-electron chi connectivity index (χ2n) is 9.13. The number of ether oxygens (including phenoxy) is 2. The van der Waals surface area contributed by atoms with Crippen LogP contribution in [-0.4, -0.2) is 73.3 Å². The lowest BCUT2D eigenvalue weighted by atomic mass is 9.67. The summed E-state index contributed by atoms with van der Waals surface area (Å²) in [6.45, 7) is 9.35. The number of imide groups is 1. The Balaban J connectivity index is 1.81. The van der Waals surface area contributed by atoms with Crippen LogP contribution in [0.25, 0.3) is 0 Å². The van der Waals surface area contributed by atoms with Crippen LogP contribution in [0.2, 0.25) is 0 Å². The van der Waals surface area contributed by atoms with Crippen LogP contribution in [0, 0.1) is 23.7 Å². The molecule has 2 aliphatic rings. The molecule has 3 atom stereocenters. The predicted octanol–water partition coefficient (Wildman–Crippen LogP) is 1.59. The van der Waals surface area contributed by atoms with E-state index in [0.717, 1.165) is 4.90 Å². The Labute approximate surface area is 193 Å². The second kappa shape index (κ2) is 8.96. The number of carbonyl (C=O) groups is 5. The lowest BCUT2D eigenvalue weighted by Crippen LogP contribution is -2.56. The Morgan fingerprint density at radius 1 is 1.09 bits per heavy atom. The lowest BCUT2D eigenvalue weighted by Gasteiger charge is -2.45. The van der Waals surface area contributed by atoms with E-state index in [1.165, 1.54) is 26.0 Å². The average Bonchev–Trinajstić information content (AvgIpc) is 3.03. The van der Waals surface area contributed by atoms with Gasteiger partial charge < -0.3 is 14.4 Å². The Hall–Kier alpha value is -3.23. The maximum absolute atomic E-state index is 13.5. The molecule has 9 nitrogen and oxygen atoms in total. The van der Waals surface area contributed by atoms with Gasteiger partial charge >= 0.3 is 11.9 Å². The zero-order valence-electron chi connectivity index (χ0n) is 19.3. The van der Waals surface area contributed by atoms with Crippen molar-refractivity contribution < 1.29 is 33.4 Å². The number of carbonyl (C=O) groups excluding carboxylic acids is 5. The molecule has 0 N–H and O–H groups in total. The van der Waals surface area contributed by atoms with E-state index in [0.29, 0.717) is 11.1 Å². The van der Waals surface area contributed by atoms with E-state index in [4.69, 9.17) is 16.4 Å². The first-order chi connectivity index (χ1) is 15.4. The summed E-state index contributed by atoms with van der Waals surface area (Å²) in [6.07, 6.45) is 0.0916. The lowest BCUT2D eigenvalue weighted by molar-refractivity contribution is -0.162. The van der Waals surface area contributed by atoms with E-state index in [1.807, 2.05) is 0 Å². The van der Waals surface area contributed by atoms with Gasteiger partial charge in [0.25, 0.3) is 11.8 Å². The third-order valence-electron chi connectivity index (χ3n) is 6.36. The normalized spacial score (nSPS) is 22.9. The summed E-state index contributed by atoms with van der Waals surface area (Å²) in [6, 6.07) is 6.53. The molecule has 0 spiro atoms. The number of hydrogen-bond acceptors (Lipinski definition) is 7. The average molecular weight is 456 g/mol. The molecule has 1 aromatic rings. The summed E-state index contributed by atoms with van der Waals surface area (Å²) in [5.41, 5.74) is -1.97. The van der Waals surface area contributed by atoms with Gasteiger partial charge in [0, 0.05) is 25.0 Å². The molecule has 1 saturated heterocycles. The minimum Gasteiger partial charge on any atom is -0.469 e. The summed E-state index contributed by atoms with van der Waals surface area (Å²) < 4.78 is 9.67. The number of amides is 3. The highest BCUT2D eigenvalue weighted by Gasteiger charge is 2.50. The van der Waals surface area contributed by atoms with Crippen LogP contribution in [0.3, 0.4) is 0 Å². The zero-order valence-corrected chi connectivity index (χ0v) is 19.3. The number of rotatable bonds is 7. The molecule has 0 aromatic heterocycles. The van der Waals surface area contributed by atoms with Crippen molar-refractivity contribution in [1.29, 1.82) is 0 Å². The molecule has 2 aliphatic heterocycles. The Morgan fingerprint density at radius 3 is 2.18 bits per heavy atom. The number of piperidine rings is 1. The minimum atomic E-state index is -1.45. The molecular formula is C24H28N2O7. The monoisotopic (exact) mass is 456 g/mol. The van der Waals surface area contributed by atoms with E-state index < -0.39 is 40.5 Å². The first-order valence-electron chi connectivity index (χ1n) is 10.6. The SMILES string of the molecule is [CH]C(C)(CC1(C)CC(C(=O)OC)CN(CCN2C(=O)c3ccccc3C2=O)C1=O)C(=O)OC. The number of hydrogen-bond donors (Lipinski definition) is 0. The van der Waals surface area contributed by atoms with E-state index >= 15 is 0 Å². The van der Waals surface area contributed by atoms with E-state index in [-0.39, 0.29) is 38.4 Å². The molecule has 3 unspecified atom stereocenters. The molecule has 0 aliphatic carbocycles. The molecule has 0 saturated carbocycles. The maximum Gasteiger partial charge on any atom is 0.311 e. The van der Waals surface area contributed by atoms with Gasteiger partial charge in [0.15, 0.2) is 0 Å². The number of methoxy groups -OCH3 is 2.